The van der Waals surface area contributed by atoms with Gasteiger partial charge in [0, 0.05) is 12.8 Å². The summed E-state index contributed by atoms with van der Waals surface area (Å²) in [7, 11) is 0. The molecule has 0 aromatic heterocycles. The molecule has 0 bridgehead atoms. The molecule has 4 unspecified atom stereocenters. The number of esters is 2. The number of carbonyl (C=O) groups excluding carboxylic acids is 2. The normalized spacial score (nSPS) is 24.8. The third-order valence-electron chi connectivity index (χ3n) is 14.5. The van der Waals surface area contributed by atoms with Crippen molar-refractivity contribution >= 4 is 11.9 Å². The Kier molecular flexibility index (Phi) is 41.8. The maximum atomic E-state index is 13.0. The molecule has 0 aliphatic carbocycles. The van der Waals surface area contributed by atoms with Gasteiger partial charge in [0.1, 0.15) is 55.4 Å². The molecule has 0 radical (unpaired) electrons. The Morgan fingerprint density at radius 3 is 1.25 bits per heavy atom. The lowest BCUT2D eigenvalue weighted by Gasteiger charge is -2.42. The van der Waals surface area contributed by atoms with Crippen molar-refractivity contribution < 1.29 is 73.8 Å². The lowest BCUT2D eigenvalue weighted by atomic mass is 9.98. The molecular formula is C58H108O15. The van der Waals surface area contributed by atoms with Crippen molar-refractivity contribution in [3.63, 3.8) is 0 Å². The molecule has 2 heterocycles. The van der Waals surface area contributed by atoms with Crippen LogP contribution in [0.5, 0.6) is 0 Å². The van der Waals surface area contributed by atoms with E-state index >= 15 is 0 Å². The Morgan fingerprint density at radius 2 is 0.795 bits per heavy atom. The van der Waals surface area contributed by atoms with E-state index in [0.717, 1.165) is 38.5 Å². The van der Waals surface area contributed by atoms with E-state index in [1.165, 1.54) is 173 Å². The number of carbonyl (C=O) groups is 2. The van der Waals surface area contributed by atoms with Crippen molar-refractivity contribution in [1.82, 2.24) is 0 Å². The molecule has 0 spiro atoms. The van der Waals surface area contributed by atoms with Crippen molar-refractivity contribution in [2.75, 3.05) is 26.4 Å². The third kappa shape index (κ3) is 32.6. The van der Waals surface area contributed by atoms with E-state index in [1.54, 1.807) is 0 Å². The van der Waals surface area contributed by atoms with E-state index in [4.69, 9.17) is 28.4 Å². The van der Waals surface area contributed by atoms with Crippen LogP contribution in [-0.2, 0) is 38.0 Å². The van der Waals surface area contributed by atoms with Gasteiger partial charge in [-0.25, -0.2) is 0 Å². The summed E-state index contributed by atoms with van der Waals surface area (Å²) in [6.07, 6.45) is 31.1. The fraction of sp³-hybridized carbons (Fsp3) is 0.931. The summed E-state index contributed by atoms with van der Waals surface area (Å²) < 4.78 is 33.7. The number of aliphatic hydroxyl groups is 7. The lowest BCUT2D eigenvalue weighted by molar-refractivity contribution is -0.332. The van der Waals surface area contributed by atoms with E-state index < -0.39 is 92.7 Å². The van der Waals surface area contributed by atoms with Crippen LogP contribution in [0, 0.1) is 0 Å². The van der Waals surface area contributed by atoms with Crippen LogP contribution in [0.4, 0.5) is 0 Å². The van der Waals surface area contributed by atoms with Gasteiger partial charge in [0.25, 0.3) is 0 Å². The minimum atomic E-state index is -1.76. The summed E-state index contributed by atoms with van der Waals surface area (Å²) in [4.78, 5) is 25.9. The Labute approximate surface area is 441 Å². The van der Waals surface area contributed by atoms with Crippen LogP contribution in [0.15, 0.2) is 12.2 Å². The molecule has 11 atom stereocenters. The second-order valence-electron chi connectivity index (χ2n) is 21.2. The average molecular weight is 1050 g/mol. The van der Waals surface area contributed by atoms with Gasteiger partial charge in [-0.05, 0) is 32.1 Å². The predicted octanol–water partition coefficient (Wildman–Crippen LogP) is 10.1. The highest BCUT2D eigenvalue weighted by Crippen LogP contribution is 2.27. The lowest BCUT2D eigenvalue weighted by Crippen LogP contribution is -2.61. The first kappa shape index (κ1) is 67.3. The molecule has 2 aliphatic heterocycles. The molecule has 73 heavy (non-hydrogen) atoms. The van der Waals surface area contributed by atoms with Crippen LogP contribution in [0.1, 0.15) is 251 Å². The highest BCUT2D eigenvalue weighted by atomic mass is 16.7. The molecule has 15 nitrogen and oxygen atoms in total. The number of hydrogen-bond donors (Lipinski definition) is 7. The third-order valence-corrected chi connectivity index (χ3v) is 14.5. The van der Waals surface area contributed by atoms with E-state index in [1.807, 2.05) is 0 Å². The molecule has 0 saturated carbocycles. The van der Waals surface area contributed by atoms with E-state index in [-0.39, 0.29) is 26.1 Å². The minimum absolute atomic E-state index is 0.166. The maximum Gasteiger partial charge on any atom is 0.306 e. The zero-order chi connectivity index (χ0) is 53.2. The Hall–Kier alpha value is -1.76. The highest BCUT2D eigenvalue weighted by molar-refractivity contribution is 5.70. The number of rotatable bonds is 48. The minimum Gasteiger partial charge on any atom is -0.462 e. The first-order valence-corrected chi connectivity index (χ1v) is 29.8. The van der Waals surface area contributed by atoms with Gasteiger partial charge >= 0.3 is 11.9 Å². The summed E-state index contributed by atoms with van der Waals surface area (Å²) in [6.45, 7) is 2.62. The molecule has 0 aromatic rings. The second kappa shape index (κ2) is 45.3. The van der Waals surface area contributed by atoms with Crippen molar-refractivity contribution in [1.29, 1.82) is 0 Å². The van der Waals surface area contributed by atoms with Gasteiger partial charge in [-0.3, -0.25) is 9.59 Å². The van der Waals surface area contributed by atoms with Crippen LogP contribution in [0.3, 0.4) is 0 Å². The highest BCUT2D eigenvalue weighted by Gasteiger charge is 2.47. The second-order valence-corrected chi connectivity index (χ2v) is 21.2. The first-order valence-electron chi connectivity index (χ1n) is 29.8. The molecule has 2 rings (SSSR count). The number of allylic oxidation sites excluding steroid dienone is 2. The van der Waals surface area contributed by atoms with Gasteiger partial charge in [-0.1, -0.05) is 219 Å². The van der Waals surface area contributed by atoms with Gasteiger partial charge in [0.2, 0.25) is 0 Å². The van der Waals surface area contributed by atoms with Gasteiger partial charge < -0.3 is 64.2 Å². The largest absolute Gasteiger partial charge is 0.462 e. The topological polar surface area (TPSA) is 231 Å². The van der Waals surface area contributed by atoms with E-state index in [9.17, 15) is 45.3 Å². The molecule has 0 aromatic carbocycles. The predicted molar refractivity (Wildman–Crippen MR) is 285 cm³/mol. The van der Waals surface area contributed by atoms with E-state index in [0.29, 0.717) is 12.8 Å². The summed E-state index contributed by atoms with van der Waals surface area (Å²) in [5.74, 6) is -0.947. The summed E-state index contributed by atoms with van der Waals surface area (Å²) in [6, 6.07) is 0. The maximum absolute atomic E-state index is 13.0. The Balaban J connectivity index is 1.72. The number of aliphatic hydroxyl groups excluding tert-OH is 7. The van der Waals surface area contributed by atoms with Crippen LogP contribution >= 0.6 is 0 Å². The molecule has 15 heteroatoms. The number of ether oxygens (including phenoxy) is 6. The van der Waals surface area contributed by atoms with Crippen LogP contribution < -0.4 is 0 Å². The van der Waals surface area contributed by atoms with Crippen molar-refractivity contribution in [2.24, 2.45) is 0 Å². The Morgan fingerprint density at radius 1 is 0.425 bits per heavy atom. The zero-order valence-electron chi connectivity index (χ0n) is 45.9. The van der Waals surface area contributed by atoms with Crippen LogP contribution in [0.2, 0.25) is 0 Å². The zero-order valence-corrected chi connectivity index (χ0v) is 45.9. The first-order chi connectivity index (χ1) is 35.5. The number of hydrogen-bond acceptors (Lipinski definition) is 15. The van der Waals surface area contributed by atoms with Crippen LogP contribution in [-0.4, -0.2) is 142 Å². The number of unbranched alkanes of at least 4 members (excludes halogenated alkanes) is 32. The van der Waals surface area contributed by atoms with Crippen molar-refractivity contribution in [3.8, 4) is 0 Å². The van der Waals surface area contributed by atoms with Gasteiger partial charge in [-0.2, -0.15) is 0 Å². The molecule has 2 fully saturated rings. The molecule has 0 amide bonds. The standard InChI is InChI=1S/C58H108O15/c1-3-5-7-9-11-13-15-17-19-20-21-22-23-24-25-26-27-29-30-32-34-36-38-40-49(60)68-43-46(71-50(61)41-39-37-35-33-31-28-18-16-14-12-10-8-6-4-2)44-69-57-56(67)54(65)52(63)48(73-57)45-70-58-55(66)53(64)51(62)47(42-59)72-58/h32,34,46-48,51-59,62-67H,3-31,33,35-45H2,1-2H3/b34-32+/t46-,47+,48+,51-,52-,53?,54?,55?,56?,57+,58+/m0/s1. The molecular weight excluding hydrogens is 937 g/mol. The van der Waals surface area contributed by atoms with Crippen molar-refractivity contribution in [2.45, 2.75) is 319 Å². The fourth-order valence-corrected chi connectivity index (χ4v) is 9.64. The van der Waals surface area contributed by atoms with Crippen molar-refractivity contribution in [3.05, 3.63) is 12.2 Å². The monoisotopic (exact) mass is 1040 g/mol. The fourth-order valence-electron chi connectivity index (χ4n) is 9.64. The smallest absolute Gasteiger partial charge is 0.306 e. The Bertz CT molecular complexity index is 1320. The molecule has 2 aliphatic rings. The average Bonchev–Trinajstić information content (AvgIpc) is 3.38. The van der Waals surface area contributed by atoms with E-state index in [2.05, 4.69) is 26.0 Å². The molecule has 2 saturated heterocycles. The molecule has 7 N–H and O–H groups in total. The van der Waals surface area contributed by atoms with Gasteiger partial charge in [-0.15, -0.1) is 0 Å². The quantitative estimate of drug-likeness (QED) is 0.0171. The summed E-state index contributed by atoms with van der Waals surface area (Å²) >= 11 is 0. The van der Waals surface area contributed by atoms with Gasteiger partial charge in [0.15, 0.2) is 18.7 Å². The van der Waals surface area contributed by atoms with Gasteiger partial charge in [0.05, 0.1) is 19.8 Å². The van der Waals surface area contributed by atoms with Crippen LogP contribution in [0.25, 0.3) is 0 Å². The summed E-state index contributed by atoms with van der Waals surface area (Å²) in [5.41, 5.74) is 0. The summed E-state index contributed by atoms with van der Waals surface area (Å²) in [5, 5.41) is 72.2. The molecule has 430 valence electrons. The SMILES string of the molecule is CCCCCCCCCCCCCCCCCCCC/C=C/CCCC(=O)OC[C@@H](CO[C@@H]1O[C@H](CO[C@@H]2O[C@H](CO)[C@H](O)C(O)C2O)[C@H](O)C(O)C1O)OC(=O)CCCCCCCCCCCCCCCC.